The van der Waals surface area contributed by atoms with Gasteiger partial charge in [-0.3, -0.25) is 19.7 Å². The second-order valence-corrected chi connectivity index (χ2v) is 7.27. The number of nitro groups is 1. The summed E-state index contributed by atoms with van der Waals surface area (Å²) in [6.07, 6.45) is -1.04. The topological polar surface area (TPSA) is 111 Å². The van der Waals surface area contributed by atoms with Crippen LogP contribution in [0.5, 0.6) is 5.75 Å². The van der Waals surface area contributed by atoms with Crippen LogP contribution in [0, 0.1) is 24.0 Å². The van der Waals surface area contributed by atoms with Crippen LogP contribution in [0.4, 0.5) is 17.1 Å². The number of carbonyl (C=O) groups excluding carboxylic acids is 2. The molecule has 2 amide bonds. The van der Waals surface area contributed by atoms with Gasteiger partial charge in [0.15, 0.2) is 11.9 Å². The Morgan fingerprint density at radius 3 is 2.34 bits per heavy atom. The first kappa shape index (κ1) is 22.5. The van der Waals surface area contributed by atoms with Gasteiger partial charge >= 0.3 is 5.69 Å². The lowest BCUT2D eigenvalue weighted by Crippen LogP contribution is -2.31. The van der Waals surface area contributed by atoms with Crippen molar-refractivity contribution in [1.82, 2.24) is 0 Å². The molecule has 0 fully saturated rings. The first-order valence-electron chi connectivity index (χ1n) is 9.95. The molecule has 0 spiro atoms. The first-order valence-corrected chi connectivity index (χ1v) is 9.95. The van der Waals surface area contributed by atoms with Crippen LogP contribution in [0.2, 0.25) is 0 Å². The number of ether oxygens (including phenoxy) is 1. The van der Waals surface area contributed by atoms with Gasteiger partial charge in [0.05, 0.1) is 16.2 Å². The number of amides is 2. The van der Waals surface area contributed by atoms with Crippen molar-refractivity contribution in [3.8, 4) is 5.75 Å². The lowest BCUT2D eigenvalue weighted by atomic mass is 10.1. The molecule has 8 heteroatoms. The summed E-state index contributed by atoms with van der Waals surface area (Å²) in [7, 11) is 0. The minimum atomic E-state index is -1.04. The fourth-order valence-corrected chi connectivity index (χ4v) is 2.99. The second kappa shape index (κ2) is 9.74. The smallest absolute Gasteiger partial charge is 0.310 e. The molecule has 2 N–H and O–H groups in total. The number of hydrogen-bond donors (Lipinski definition) is 2. The molecule has 0 aromatic heterocycles. The molecule has 3 aromatic rings. The Balaban J connectivity index is 1.74. The molecule has 1 atom stereocenters. The van der Waals surface area contributed by atoms with Crippen molar-refractivity contribution in [2.75, 3.05) is 10.6 Å². The summed E-state index contributed by atoms with van der Waals surface area (Å²) in [5.74, 6) is -0.938. The molecule has 3 rings (SSSR count). The number of nitro benzene ring substituents is 1. The average molecular weight is 433 g/mol. The maximum absolute atomic E-state index is 12.8. The highest BCUT2D eigenvalue weighted by Gasteiger charge is 2.22. The van der Waals surface area contributed by atoms with Crippen molar-refractivity contribution < 1.29 is 19.2 Å². The molecule has 0 heterocycles. The van der Waals surface area contributed by atoms with Crippen molar-refractivity contribution in [3.63, 3.8) is 0 Å². The highest BCUT2D eigenvalue weighted by atomic mass is 16.6. The molecule has 0 radical (unpaired) electrons. The Morgan fingerprint density at radius 2 is 1.62 bits per heavy atom. The van der Waals surface area contributed by atoms with Gasteiger partial charge in [0.2, 0.25) is 0 Å². The summed E-state index contributed by atoms with van der Waals surface area (Å²) >= 11 is 0. The number of anilines is 2. The molecule has 3 aromatic carbocycles. The molecular weight excluding hydrogens is 410 g/mol. The van der Waals surface area contributed by atoms with E-state index in [0.717, 1.165) is 11.1 Å². The van der Waals surface area contributed by atoms with E-state index in [9.17, 15) is 19.7 Å². The number of carbonyl (C=O) groups is 2. The highest BCUT2D eigenvalue weighted by Crippen LogP contribution is 2.27. The van der Waals surface area contributed by atoms with Gasteiger partial charge in [-0.05, 0) is 62.2 Å². The third-order valence-electron chi connectivity index (χ3n) is 4.93. The summed E-state index contributed by atoms with van der Waals surface area (Å²) in [6.45, 7) is 5.42. The predicted molar refractivity (Wildman–Crippen MR) is 122 cm³/mol. The van der Waals surface area contributed by atoms with E-state index in [2.05, 4.69) is 10.6 Å². The number of rotatable bonds is 7. The van der Waals surface area contributed by atoms with Crippen molar-refractivity contribution in [1.29, 1.82) is 0 Å². The zero-order valence-corrected chi connectivity index (χ0v) is 17.9. The quantitative estimate of drug-likeness (QED) is 0.408. The van der Waals surface area contributed by atoms with Crippen LogP contribution in [0.15, 0.2) is 66.7 Å². The lowest BCUT2D eigenvalue weighted by molar-refractivity contribution is -0.386. The summed E-state index contributed by atoms with van der Waals surface area (Å²) in [5.41, 5.74) is 3.15. The molecule has 32 heavy (non-hydrogen) atoms. The highest BCUT2D eigenvalue weighted by molar-refractivity contribution is 6.10. The Kier molecular flexibility index (Phi) is 6.84. The third kappa shape index (κ3) is 5.28. The molecule has 0 aliphatic rings. The average Bonchev–Trinajstić information content (AvgIpc) is 2.76. The zero-order chi connectivity index (χ0) is 23.3. The van der Waals surface area contributed by atoms with Crippen molar-refractivity contribution in [3.05, 3.63) is 93.5 Å². The molecule has 0 bridgehead atoms. The van der Waals surface area contributed by atoms with Crippen molar-refractivity contribution in [2.24, 2.45) is 0 Å². The zero-order valence-electron chi connectivity index (χ0n) is 17.9. The predicted octanol–water partition coefficient (Wildman–Crippen LogP) is 4.87. The SMILES string of the molecule is Cc1ccc(NC(=O)c2ccccc2NC(=O)[C@H](C)Oc2ccccc2[N+](=O)[O-])cc1C. The number of hydrogen-bond acceptors (Lipinski definition) is 5. The Hall–Kier alpha value is -4.20. The van der Waals surface area contributed by atoms with E-state index < -0.39 is 16.9 Å². The monoisotopic (exact) mass is 433 g/mol. The molecule has 0 aliphatic heterocycles. The number of nitrogens with zero attached hydrogens (tertiary/aromatic N) is 1. The van der Waals surface area contributed by atoms with Gasteiger partial charge < -0.3 is 15.4 Å². The van der Waals surface area contributed by atoms with E-state index >= 15 is 0 Å². The number of aryl methyl sites for hydroxylation is 2. The number of benzene rings is 3. The van der Waals surface area contributed by atoms with E-state index in [1.54, 1.807) is 30.3 Å². The Bertz CT molecular complexity index is 1180. The minimum Gasteiger partial charge on any atom is -0.474 e. The van der Waals surface area contributed by atoms with Crippen LogP contribution in [-0.4, -0.2) is 22.8 Å². The fraction of sp³-hybridized carbons (Fsp3) is 0.167. The molecule has 0 saturated heterocycles. The standard InChI is InChI=1S/C24H23N3O5/c1-15-12-13-18(14-16(15)2)25-24(29)19-8-4-5-9-20(19)26-23(28)17(3)32-22-11-7-6-10-21(22)27(30)31/h4-14,17H,1-3H3,(H,25,29)(H,26,28)/t17-/m0/s1. The molecule has 8 nitrogen and oxygen atoms in total. The van der Waals surface area contributed by atoms with Gasteiger partial charge in [0.25, 0.3) is 11.8 Å². The van der Waals surface area contributed by atoms with Crippen LogP contribution in [0.1, 0.15) is 28.4 Å². The van der Waals surface area contributed by atoms with E-state index in [1.165, 1.54) is 25.1 Å². The normalized spacial score (nSPS) is 11.3. The van der Waals surface area contributed by atoms with Gasteiger partial charge in [-0.15, -0.1) is 0 Å². The fourth-order valence-electron chi connectivity index (χ4n) is 2.99. The second-order valence-electron chi connectivity index (χ2n) is 7.27. The minimum absolute atomic E-state index is 0.0130. The van der Waals surface area contributed by atoms with Gasteiger partial charge in [0.1, 0.15) is 0 Å². The van der Waals surface area contributed by atoms with Gasteiger partial charge in [-0.1, -0.05) is 30.3 Å². The third-order valence-corrected chi connectivity index (χ3v) is 4.93. The van der Waals surface area contributed by atoms with Crippen LogP contribution >= 0.6 is 0 Å². The van der Waals surface area contributed by atoms with E-state index in [1.807, 2.05) is 32.0 Å². The Labute approximate surface area is 185 Å². The maximum Gasteiger partial charge on any atom is 0.310 e. The van der Waals surface area contributed by atoms with Crippen LogP contribution < -0.4 is 15.4 Å². The molecule has 0 unspecified atom stereocenters. The summed E-state index contributed by atoms with van der Waals surface area (Å²) in [5, 5.41) is 16.7. The largest absolute Gasteiger partial charge is 0.474 e. The van der Waals surface area contributed by atoms with Crippen LogP contribution in [-0.2, 0) is 4.79 Å². The van der Waals surface area contributed by atoms with Gasteiger partial charge in [-0.25, -0.2) is 0 Å². The number of para-hydroxylation sites is 3. The van der Waals surface area contributed by atoms with Crippen LogP contribution in [0.25, 0.3) is 0 Å². The Morgan fingerprint density at radius 1 is 0.938 bits per heavy atom. The first-order chi connectivity index (χ1) is 15.3. The van der Waals surface area contributed by atoms with Crippen LogP contribution in [0.3, 0.4) is 0 Å². The summed E-state index contributed by atoms with van der Waals surface area (Å²) < 4.78 is 5.51. The summed E-state index contributed by atoms with van der Waals surface area (Å²) in [4.78, 5) is 36.1. The molecular formula is C24H23N3O5. The van der Waals surface area contributed by atoms with E-state index in [-0.39, 0.29) is 22.9 Å². The lowest BCUT2D eigenvalue weighted by Gasteiger charge is -2.16. The molecule has 0 saturated carbocycles. The number of nitrogens with one attached hydrogen (secondary N) is 2. The van der Waals surface area contributed by atoms with E-state index in [4.69, 9.17) is 4.74 Å². The maximum atomic E-state index is 12.8. The van der Waals surface area contributed by atoms with E-state index in [0.29, 0.717) is 11.4 Å². The van der Waals surface area contributed by atoms with Gasteiger partial charge in [0, 0.05) is 11.8 Å². The van der Waals surface area contributed by atoms with Crippen molar-refractivity contribution >= 4 is 28.9 Å². The van der Waals surface area contributed by atoms with Gasteiger partial charge in [-0.2, -0.15) is 0 Å². The molecule has 0 aliphatic carbocycles. The van der Waals surface area contributed by atoms with Crippen molar-refractivity contribution in [2.45, 2.75) is 26.9 Å². The summed E-state index contributed by atoms with van der Waals surface area (Å²) in [6, 6.07) is 18.0. The molecule has 164 valence electrons.